The van der Waals surface area contributed by atoms with Crippen LogP contribution in [-0.2, 0) is 13.6 Å². The molecule has 0 unspecified atom stereocenters. The highest BCUT2D eigenvalue weighted by Gasteiger charge is 2.25. The molecule has 0 aliphatic heterocycles. The van der Waals surface area contributed by atoms with Gasteiger partial charge in [-0.1, -0.05) is 58.0 Å². The Morgan fingerprint density at radius 3 is 2.06 bits per heavy atom. The predicted octanol–water partition coefficient (Wildman–Crippen LogP) is 6.73. The number of carbonyl (C=O) groups excluding carboxylic acids is 1. The molecule has 0 saturated carbocycles. The summed E-state index contributed by atoms with van der Waals surface area (Å²) >= 11 is 0. The predicted molar refractivity (Wildman–Crippen MR) is 147 cm³/mol. The molecular weight excluding hydrogens is 432 g/mol. The van der Waals surface area contributed by atoms with Crippen molar-refractivity contribution >= 4 is 28.2 Å². The molecular formula is C30H36N4O. The number of aryl methyl sites for hydroxylation is 1. The molecule has 182 valence electrons. The Morgan fingerprint density at radius 2 is 1.49 bits per heavy atom. The van der Waals surface area contributed by atoms with Crippen molar-refractivity contribution in [2.75, 3.05) is 23.9 Å². The molecule has 0 N–H and O–H groups in total. The summed E-state index contributed by atoms with van der Waals surface area (Å²) in [7, 11) is 5.98. The van der Waals surface area contributed by atoms with E-state index < -0.39 is 0 Å². The van der Waals surface area contributed by atoms with Gasteiger partial charge in [0, 0.05) is 37.9 Å². The van der Waals surface area contributed by atoms with Crippen LogP contribution in [0.2, 0.25) is 0 Å². The molecule has 4 aromatic rings. The molecule has 0 aliphatic rings. The zero-order valence-corrected chi connectivity index (χ0v) is 21.9. The van der Waals surface area contributed by atoms with Crippen LogP contribution in [0, 0.1) is 0 Å². The minimum Gasteiger partial charge on any atom is -0.378 e. The molecule has 1 aromatic heterocycles. The van der Waals surface area contributed by atoms with Crippen molar-refractivity contribution in [3.63, 3.8) is 0 Å². The minimum absolute atomic E-state index is 0.00119. The van der Waals surface area contributed by atoms with Crippen molar-refractivity contribution in [2.24, 2.45) is 7.05 Å². The van der Waals surface area contributed by atoms with Gasteiger partial charge in [0.1, 0.15) is 0 Å². The van der Waals surface area contributed by atoms with E-state index in [-0.39, 0.29) is 11.8 Å². The fraction of sp³-hybridized carbons (Fsp3) is 0.333. The number of aromatic nitrogens is 2. The number of hydrogen-bond donors (Lipinski definition) is 0. The van der Waals surface area contributed by atoms with Crippen LogP contribution in [0.3, 0.4) is 0 Å². The first-order chi connectivity index (χ1) is 16.7. The van der Waals surface area contributed by atoms with E-state index in [1.807, 2.05) is 36.9 Å². The molecule has 0 fully saturated rings. The maximum Gasteiger partial charge on any atom is 0.259 e. The maximum absolute atomic E-state index is 14.4. The van der Waals surface area contributed by atoms with Gasteiger partial charge in [-0.2, -0.15) is 5.10 Å². The van der Waals surface area contributed by atoms with Crippen LogP contribution in [-0.4, -0.2) is 29.8 Å². The second-order valence-electron chi connectivity index (χ2n) is 10.1. The van der Waals surface area contributed by atoms with E-state index in [9.17, 15) is 4.79 Å². The molecule has 3 aromatic carbocycles. The number of carbonyl (C=O) groups is 1. The van der Waals surface area contributed by atoms with Crippen LogP contribution in [0.4, 0.5) is 11.4 Å². The molecule has 0 radical (unpaired) electrons. The minimum atomic E-state index is 0.00119. The van der Waals surface area contributed by atoms with Gasteiger partial charge in [-0.3, -0.25) is 9.48 Å². The lowest BCUT2D eigenvalue weighted by Crippen LogP contribution is -2.31. The van der Waals surface area contributed by atoms with Gasteiger partial charge in [0.15, 0.2) is 0 Å². The third-order valence-electron chi connectivity index (χ3n) is 6.71. The van der Waals surface area contributed by atoms with E-state index >= 15 is 0 Å². The van der Waals surface area contributed by atoms with Crippen LogP contribution in [0.25, 0.3) is 10.9 Å². The van der Waals surface area contributed by atoms with E-state index in [0.29, 0.717) is 12.5 Å². The van der Waals surface area contributed by atoms with Crippen LogP contribution >= 0.6 is 0 Å². The fourth-order valence-electron chi connectivity index (χ4n) is 4.50. The average molecular weight is 469 g/mol. The van der Waals surface area contributed by atoms with Crippen LogP contribution in [0.5, 0.6) is 0 Å². The number of hydrogen-bond acceptors (Lipinski definition) is 3. The third kappa shape index (κ3) is 4.95. The molecule has 4 rings (SSSR count). The van der Waals surface area contributed by atoms with Gasteiger partial charge < -0.3 is 9.80 Å². The Balaban J connectivity index is 1.83. The van der Waals surface area contributed by atoms with Gasteiger partial charge in [-0.15, -0.1) is 0 Å². The molecule has 5 nitrogen and oxygen atoms in total. The largest absolute Gasteiger partial charge is 0.378 e. The summed E-state index contributed by atoms with van der Waals surface area (Å²) in [5.41, 5.74) is 7.12. The lowest BCUT2D eigenvalue weighted by atomic mass is 9.93. The molecule has 0 saturated heterocycles. The second-order valence-corrected chi connectivity index (χ2v) is 10.1. The van der Waals surface area contributed by atoms with E-state index in [1.165, 1.54) is 5.56 Å². The molecule has 5 heteroatoms. The molecule has 0 atom stereocenters. The first-order valence-corrected chi connectivity index (χ1v) is 12.3. The summed E-state index contributed by atoms with van der Waals surface area (Å²) in [6.45, 7) is 9.12. The lowest BCUT2D eigenvalue weighted by Gasteiger charge is -2.26. The number of anilines is 2. The number of rotatable bonds is 7. The van der Waals surface area contributed by atoms with E-state index in [2.05, 4.69) is 98.4 Å². The van der Waals surface area contributed by atoms with Crippen LogP contribution in [0.15, 0.2) is 66.9 Å². The highest BCUT2D eigenvalue weighted by atomic mass is 16.2. The molecule has 1 heterocycles. The number of amides is 1. The van der Waals surface area contributed by atoms with Crippen molar-refractivity contribution in [1.29, 1.82) is 0 Å². The SMILES string of the molecule is CC(C)c1ccc(N(Cc2ccc(N(C)C)cc2)C(=O)c2c(C(C)C)ccc3c2cnn3C)cc1. The third-order valence-corrected chi connectivity index (χ3v) is 6.71. The first kappa shape index (κ1) is 24.5. The van der Waals surface area contributed by atoms with E-state index in [1.54, 1.807) is 0 Å². The zero-order valence-electron chi connectivity index (χ0n) is 21.9. The zero-order chi connectivity index (χ0) is 25.3. The molecule has 0 bridgehead atoms. The Bertz CT molecular complexity index is 1320. The summed E-state index contributed by atoms with van der Waals surface area (Å²) in [5.74, 6) is 0.646. The van der Waals surface area contributed by atoms with Crippen molar-refractivity contribution in [3.05, 3.63) is 89.1 Å². The van der Waals surface area contributed by atoms with E-state index in [4.69, 9.17) is 0 Å². The summed E-state index contributed by atoms with van der Waals surface area (Å²) in [6, 6.07) is 20.9. The smallest absolute Gasteiger partial charge is 0.259 e. The quantitative estimate of drug-likeness (QED) is 0.302. The van der Waals surface area contributed by atoms with Gasteiger partial charge in [0.2, 0.25) is 0 Å². The van der Waals surface area contributed by atoms with Crippen LogP contribution < -0.4 is 9.80 Å². The summed E-state index contributed by atoms with van der Waals surface area (Å²) in [4.78, 5) is 18.4. The summed E-state index contributed by atoms with van der Waals surface area (Å²) in [5, 5.41) is 5.35. The summed E-state index contributed by atoms with van der Waals surface area (Å²) < 4.78 is 1.83. The number of fused-ring (bicyclic) bond motifs is 1. The van der Waals surface area contributed by atoms with Crippen molar-refractivity contribution < 1.29 is 4.79 Å². The fourth-order valence-corrected chi connectivity index (χ4v) is 4.50. The highest BCUT2D eigenvalue weighted by molar-refractivity contribution is 6.14. The van der Waals surface area contributed by atoms with Crippen molar-refractivity contribution in [3.8, 4) is 0 Å². The maximum atomic E-state index is 14.4. The topological polar surface area (TPSA) is 41.4 Å². The molecule has 0 aliphatic carbocycles. The lowest BCUT2D eigenvalue weighted by molar-refractivity contribution is 0.0985. The van der Waals surface area contributed by atoms with E-state index in [0.717, 1.165) is 39.0 Å². The van der Waals surface area contributed by atoms with Gasteiger partial charge in [-0.05, 0) is 58.9 Å². The van der Waals surface area contributed by atoms with Gasteiger partial charge >= 0.3 is 0 Å². The normalized spacial score (nSPS) is 11.5. The van der Waals surface area contributed by atoms with Gasteiger partial charge in [-0.25, -0.2) is 0 Å². The Morgan fingerprint density at radius 1 is 0.857 bits per heavy atom. The molecule has 1 amide bonds. The summed E-state index contributed by atoms with van der Waals surface area (Å²) in [6.07, 6.45) is 1.82. The van der Waals surface area contributed by atoms with Gasteiger partial charge in [0.25, 0.3) is 5.91 Å². The standard InChI is InChI=1S/C30H36N4O/c1-20(2)23-10-14-25(15-11-23)34(19-22-8-12-24(13-9-22)32(5)6)30(35)29-26(21(3)4)16-17-28-27(29)18-31-33(28)7/h8-18,20-21H,19H2,1-7H3. The number of nitrogens with zero attached hydrogens (tertiary/aromatic N) is 4. The van der Waals surface area contributed by atoms with Crippen molar-refractivity contribution in [1.82, 2.24) is 9.78 Å². The Hall–Kier alpha value is -3.60. The average Bonchev–Trinajstić information content (AvgIpc) is 3.22. The van der Waals surface area contributed by atoms with Gasteiger partial charge in [0.05, 0.1) is 23.8 Å². The van der Waals surface area contributed by atoms with Crippen LogP contribution in [0.1, 0.15) is 66.6 Å². The van der Waals surface area contributed by atoms with Crippen molar-refractivity contribution in [2.45, 2.75) is 46.1 Å². The Labute approximate surface area is 209 Å². The first-order valence-electron chi connectivity index (χ1n) is 12.3. The molecule has 35 heavy (non-hydrogen) atoms. The second kappa shape index (κ2) is 9.95. The Kier molecular flexibility index (Phi) is 6.97. The highest BCUT2D eigenvalue weighted by Crippen LogP contribution is 2.31. The number of benzene rings is 3. The molecule has 0 spiro atoms. The monoisotopic (exact) mass is 468 g/mol.